The number of benzene rings is 1. The van der Waals surface area contributed by atoms with Gasteiger partial charge in [0.15, 0.2) is 0 Å². The van der Waals surface area contributed by atoms with Crippen LogP contribution < -0.4 is 4.90 Å². The average Bonchev–Trinajstić information content (AvgIpc) is 3.08. The quantitative estimate of drug-likeness (QED) is 0.868. The first-order valence-corrected chi connectivity index (χ1v) is 9.34. The summed E-state index contributed by atoms with van der Waals surface area (Å²) in [7, 11) is 0. The molecule has 2 aliphatic rings. The molecule has 2 fully saturated rings. The highest BCUT2D eigenvalue weighted by atomic mass is 35.5. The molecular weight excluding hydrogens is 343 g/mol. The van der Waals surface area contributed by atoms with Crippen molar-refractivity contribution in [2.45, 2.75) is 20.4 Å². The minimum absolute atomic E-state index is 0.0145. The van der Waals surface area contributed by atoms with Crippen LogP contribution in [0.1, 0.15) is 19.4 Å². The highest BCUT2D eigenvalue weighted by Crippen LogP contribution is 2.60. The van der Waals surface area contributed by atoms with Crippen LogP contribution in [-0.4, -0.2) is 37.0 Å². The van der Waals surface area contributed by atoms with Gasteiger partial charge in [-0.25, -0.2) is 0 Å². The van der Waals surface area contributed by atoms with Gasteiger partial charge in [-0.2, -0.15) is 0 Å². The lowest BCUT2D eigenvalue weighted by molar-refractivity contribution is -0.917. The molecule has 1 aromatic carbocycles. The minimum Gasteiger partial charge on any atom is -0.331 e. The zero-order chi connectivity index (χ0) is 17.3. The molecule has 1 aliphatic heterocycles. The molecule has 0 unspecified atom stereocenters. The van der Waals surface area contributed by atoms with E-state index in [2.05, 4.69) is 38.1 Å². The van der Waals surface area contributed by atoms with E-state index in [-0.39, 0.29) is 27.6 Å². The molecule has 0 spiro atoms. The van der Waals surface area contributed by atoms with Crippen molar-refractivity contribution in [3.63, 3.8) is 0 Å². The van der Waals surface area contributed by atoms with Crippen LogP contribution in [0.4, 0.5) is 0 Å². The van der Waals surface area contributed by atoms with Gasteiger partial charge in [0.05, 0.1) is 32.1 Å². The molecular formula is C19H25Cl2N2O+. The zero-order valence-corrected chi connectivity index (χ0v) is 15.8. The molecule has 1 aromatic rings. The Bertz CT molecular complexity index is 618. The van der Waals surface area contributed by atoms with Crippen molar-refractivity contribution in [1.29, 1.82) is 0 Å². The summed E-state index contributed by atoms with van der Waals surface area (Å²) in [5.41, 5.74) is 1.32. The predicted molar refractivity (Wildman–Crippen MR) is 98.0 cm³/mol. The first kappa shape index (κ1) is 17.8. The van der Waals surface area contributed by atoms with E-state index in [0.717, 1.165) is 32.7 Å². The molecule has 130 valence electrons. The third-order valence-electron chi connectivity index (χ3n) is 5.56. The number of hydrogen-bond acceptors (Lipinski definition) is 1. The monoisotopic (exact) mass is 367 g/mol. The number of halogens is 2. The minimum atomic E-state index is -0.0415. The Morgan fingerprint density at radius 2 is 1.88 bits per heavy atom. The molecule has 24 heavy (non-hydrogen) atoms. The number of allylic oxidation sites excluding steroid dienone is 1. The number of nitrogens with zero attached hydrogens (tertiary/aromatic N) is 1. The number of hydrogen-bond donors (Lipinski definition) is 1. The van der Waals surface area contributed by atoms with Crippen molar-refractivity contribution in [2.24, 2.45) is 17.3 Å². The Balaban J connectivity index is 1.53. The number of carbonyl (C=O) groups is 1. The van der Waals surface area contributed by atoms with Gasteiger partial charge in [-0.15, -0.1) is 0 Å². The van der Waals surface area contributed by atoms with Crippen molar-refractivity contribution < 1.29 is 9.69 Å². The standard InChI is InChI=1S/C19H24Cl2N2O/c1-19(2)15(12-16(20)21)17(19)18(24)23-10-8-22(9-11-23)13-14-6-4-3-5-7-14/h3-7,12,15,17H,8-11,13H2,1-2H3/p+1/t15-,17+/m1/s1. The van der Waals surface area contributed by atoms with E-state index in [4.69, 9.17) is 23.2 Å². The molecule has 0 radical (unpaired) electrons. The molecule has 0 aromatic heterocycles. The molecule has 1 saturated carbocycles. The van der Waals surface area contributed by atoms with Gasteiger partial charge in [-0.05, 0) is 17.4 Å². The Morgan fingerprint density at radius 3 is 2.46 bits per heavy atom. The van der Waals surface area contributed by atoms with Crippen molar-refractivity contribution in [1.82, 2.24) is 4.90 Å². The van der Waals surface area contributed by atoms with Gasteiger partial charge in [0, 0.05) is 5.56 Å². The van der Waals surface area contributed by atoms with Crippen molar-refractivity contribution in [3.8, 4) is 0 Å². The van der Waals surface area contributed by atoms with E-state index >= 15 is 0 Å². The van der Waals surface area contributed by atoms with E-state index in [1.54, 1.807) is 4.90 Å². The number of rotatable bonds is 4. The molecule has 0 bridgehead atoms. The molecule has 3 nitrogen and oxygen atoms in total. The summed E-state index contributed by atoms with van der Waals surface area (Å²) in [6.07, 6.45) is 1.82. The van der Waals surface area contributed by atoms with Gasteiger partial charge in [-0.1, -0.05) is 67.4 Å². The molecule has 3 rings (SSSR count). The second-order valence-corrected chi connectivity index (χ2v) is 8.53. The van der Waals surface area contributed by atoms with E-state index in [9.17, 15) is 4.79 Å². The smallest absolute Gasteiger partial charge is 0.227 e. The molecule has 1 amide bonds. The summed E-state index contributed by atoms with van der Waals surface area (Å²) in [5, 5.41) is 0. The average molecular weight is 368 g/mol. The van der Waals surface area contributed by atoms with E-state index < -0.39 is 0 Å². The second kappa shape index (κ2) is 7.07. The van der Waals surface area contributed by atoms with Crippen LogP contribution >= 0.6 is 23.2 Å². The Hall–Kier alpha value is -1.03. The number of amides is 1. The highest BCUT2D eigenvalue weighted by molar-refractivity contribution is 6.55. The number of quaternary nitrogens is 1. The summed E-state index contributed by atoms with van der Waals surface area (Å²) in [4.78, 5) is 16.4. The van der Waals surface area contributed by atoms with Crippen LogP contribution in [0.3, 0.4) is 0 Å². The third-order valence-corrected chi connectivity index (χ3v) is 5.81. The number of piperazine rings is 1. The zero-order valence-electron chi connectivity index (χ0n) is 14.3. The van der Waals surface area contributed by atoms with Crippen molar-refractivity contribution in [2.75, 3.05) is 26.2 Å². The van der Waals surface area contributed by atoms with Crippen molar-refractivity contribution >= 4 is 29.1 Å². The number of carbonyl (C=O) groups excluding carboxylic acids is 1. The molecule has 1 aliphatic carbocycles. The Labute approximate surface area is 154 Å². The lowest BCUT2D eigenvalue weighted by Crippen LogP contribution is -3.13. The van der Waals surface area contributed by atoms with Gasteiger partial charge in [0.25, 0.3) is 0 Å². The lowest BCUT2D eigenvalue weighted by Gasteiger charge is -2.32. The van der Waals surface area contributed by atoms with Gasteiger partial charge >= 0.3 is 0 Å². The first-order chi connectivity index (χ1) is 11.4. The Kier molecular flexibility index (Phi) is 5.24. The molecule has 2 atom stereocenters. The molecule has 1 N–H and O–H groups in total. The summed E-state index contributed by atoms with van der Waals surface area (Å²) < 4.78 is 0.264. The molecule has 5 heteroatoms. The topological polar surface area (TPSA) is 24.8 Å². The van der Waals surface area contributed by atoms with E-state index in [1.807, 2.05) is 17.0 Å². The van der Waals surface area contributed by atoms with Crippen LogP contribution in [0, 0.1) is 17.3 Å². The molecule has 1 saturated heterocycles. The van der Waals surface area contributed by atoms with Crippen LogP contribution in [0.2, 0.25) is 0 Å². The van der Waals surface area contributed by atoms with Crippen LogP contribution in [-0.2, 0) is 11.3 Å². The predicted octanol–water partition coefficient (Wildman–Crippen LogP) is 2.50. The van der Waals surface area contributed by atoms with Gasteiger partial charge in [-0.3, -0.25) is 4.79 Å². The summed E-state index contributed by atoms with van der Waals surface area (Å²) in [5.74, 6) is 0.431. The van der Waals surface area contributed by atoms with Gasteiger partial charge in [0.2, 0.25) is 5.91 Å². The SMILES string of the molecule is CC1(C)[C@H](C=C(Cl)Cl)[C@H]1C(=O)N1CC[NH+](Cc2ccccc2)CC1. The van der Waals surface area contributed by atoms with Crippen molar-refractivity contribution in [3.05, 3.63) is 46.5 Å². The maximum atomic E-state index is 12.8. The fourth-order valence-electron chi connectivity index (χ4n) is 3.90. The summed E-state index contributed by atoms with van der Waals surface area (Å²) in [6.45, 7) is 8.94. The van der Waals surface area contributed by atoms with E-state index in [0.29, 0.717) is 0 Å². The largest absolute Gasteiger partial charge is 0.331 e. The third kappa shape index (κ3) is 3.79. The maximum absolute atomic E-state index is 12.8. The van der Waals surface area contributed by atoms with Crippen LogP contribution in [0.5, 0.6) is 0 Å². The van der Waals surface area contributed by atoms with Gasteiger partial charge in [0.1, 0.15) is 11.0 Å². The normalized spacial score (nSPS) is 26.1. The van der Waals surface area contributed by atoms with E-state index in [1.165, 1.54) is 5.56 Å². The fraction of sp³-hybridized carbons (Fsp3) is 0.526. The molecule has 1 heterocycles. The fourth-order valence-corrected chi connectivity index (χ4v) is 4.17. The highest BCUT2D eigenvalue weighted by Gasteiger charge is 2.61. The maximum Gasteiger partial charge on any atom is 0.227 e. The lowest BCUT2D eigenvalue weighted by atomic mass is 10.1. The summed E-state index contributed by atoms with van der Waals surface area (Å²) in [6, 6.07) is 10.6. The summed E-state index contributed by atoms with van der Waals surface area (Å²) >= 11 is 11.6. The first-order valence-electron chi connectivity index (χ1n) is 8.58. The van der Waals surface area contributed by atoms with Crippen LogP contribution in [0.25, 0.3) is 0 Å². The van der Waals surface area contributed by atoms with Gasteiger partial charge < -0.3 is 9.80 Å². The second-order valence-electron chi connectivity index (χ2n) is 7.52. The Morgan fingerprint density at radius 1 is 1.25 bits per heavy atom. The number of nitrogens with one attached hydrogen (secondary N) is 1. The van der Waals surface area contributed by atoms with Crippen LogP contribution in [0.15, 0.2) is 40.9 Å².